The maximum atomic E-state index is 13.3. The Morgan fingerprint density at radius 3 is 2.54 bits per heavy atom. The van der Waals surface area contributed by atoms with E-state index in [4.69, 9.17) is 0 Å². The number of hydrogen-bond acceptors (Lipinski definition) is 1. The lowest BCUT2D eigenvalue weighted by Crippen LogP contribution is -2.36. The molecule has 136 valence electrons. The second kappa shape index (κ2) is 9.18. The van der Waals surface area contributed by atoms with E-state index < -0.39 is 0 Å². The highest BCUT2D eigenvalue weighted by Crippen LogP contribution is 2.29. The molecule has 1 saturated carbocycles. The third-order valence-electron chi connectivity index (χ3n) is 5.02. The van der Waals surface area contributed by atoms with Gasteiger partial charge in [-0.25, -0.2) is 0 Å². The summed E-state index contributed by atoms with van der Waals surface area (Å²) in [5.74, 6) is 0.426. The van der Waals surface area contributed by atoms with E-state index in [9.17, 15) is 4.79 Å². The Balaban J connectivity index is 1.90. The molecule has 2 aromatic carbocycles. The molecule has 1 aliphatic rings. The van der Waals surface area contributed by atoms with Crippen molar-refractivity contribution in [2.45, 2.75) is 45.6 Å². The van der Waals surface area contributed by atoms with E-state index in [0.717, 1.165) is 34.1 Å². The molecule has 0 N–H and O–H groups in total. The number of carbonyl (C=O) groups is 1. The van der Waals surface area contributed by atoms with Gasteiger partial charge in [0.2, 0.25) is 5.91 Å². The highest BCUT2D eigenvalue weighted by molar-refractivity contribution is 9.10. The molecule has 2 nitrogen and oxygen atoms in total. The number of benzene rings is 2. The van der Waals surface area contributed by atoms with E-state index in [0.29, 0.717) is 6.54 Å². The van der Waals surface area contributed by atoms with Crippen LogP contribution >= 0.6 is 15.9 Å². The van der Waals surface area contributed by atoms with Gasteiger partial charge in [0.15, 0.2) is 0 Å². The van der Waals surface area contributed by atoms with Crippen molar-refractivity contribution in [2.75, 3.05) is 4.90 Å². The van der Waals surface area contributed by atoms with Crippen LogP contribution in [0.5, 0.6) is 0 Å². The van der Waals surface area contributed by atoms with Gasteiger partial charge in [0, 0.05) is 16.1 Å². The quantitative estimate of drug-likeness (QED) is 0.542. The van der Waals surface area contributed by atoms with E-state index in [-0.39, 0.29) is 11.8 Å². The lowest BCUT2D eigenvalue weighted by molar-refractivity contribution is -0.123. The van der Waals surface area contributed by atoms with Crippen LogP contribution in [0.1, 0.15) is 50.2 Å². The van der Waals surface area contributed by atoms with Gasteiger partial charge in [-0.15, -0.1) is 0 Å². The van der Waals surface area contributed by atoms with Crippen molar-refractivity contribution in [1.82, 2.24) is 0 Å². The van der Waals surface area contributed by atoms with Crippen LogP contribution in [0.4, 0.5) is 5.69 Å². The van der Waals surface area contributed by atoms with Crippen molar-refractivity contribution in [2.24, 2.45) is 5.92 Å². The number of amides is 1. The average Bonchev–Trinajstić information content (AvgIpc) is 2.68. The summed E-state index contributed by atoms with van der Waals surface area (Å²) in [5.41, 5.74) is 3.26. The molecular weight excluding hydrogens is 386 g/mol. The largest absolute Gasteiger partial charge is 0.308 e. The summed E-state index contributed by atoms with van der Waals surface area (Å²) in [5, 5.41) is 0. The lowest BCUT2D eigenvalue weighted by Gasteiger charge is -2.30. The molecule has 0 aliphatic heterocycles. The second-order valence-corrected chi connectivity index (χ2v) is 7.90. The maximum Gasteiger partial charge on any atom is 0.230 e. The number of carbonyl (C=O) groups excluding carboxylic acids is 1. The van der Waals surface area contributed by atoms with Crippen LogP contribution in [0.2, 0.25) is 0 Å². The van der Waals surface area contributed by atoms with Gasteiger partial charge in [0.1, 0.15) is 0 Å². The van der Waals surface area contributed by atoms with Crippen LogP contribution in [0.25, 0.3) is 6.08 Å². The molecule has 0 unspecified atom stereocenters. The highest BCUT2D eigenvalue weighted by atomic mass is 79.9. The van der Waals surface area contributed by atoms with E-state index in [1.807, 2.05) is 42.2 Å². The molecular formula is C23H26BrNO. The second-order valence-electron chi connectivity index (χ2n) is 6.98. The molecule has 0 bridgehead atoms. The van der Waals surface area contributed by atoms with E-state index in [1.165, 1.54) is 19.3 Å². The van der Waals surface area contributed by atoms with Crippen LogP contribution in [0, 0.1) is 5.92 Å². The Bertz CT molecular complexity index is 760. The molecule has 0 saturated heterocycles. The van der Waals surface area contributed by atoms with Crippen molar-refractivity contribution < 1.29 is 4.79 Å². The summed E-state index contributed by atoms with van der Waals surface area (Å²) in [6.07, 6.45) is 9.73. The number of rotatable bonds is 5. The summed E-state index contributed by atoms with van der Waals surface area (Å²) < 4.78 is 1.06. The van der Waals surface area contributed by atoms with Crippen LogP contribution in [0.3, 0.4) is 0 Å². The Morgan fingerprint density at radius 2 is 1.85 bits per heavy atom. The first-order valence-corrected chi connectivity index (χ1v) is 10.3. The van der Waals surface area contributed by atoms with Crippen LogP contribution in [0.15, 0.2) is 59.1 Å². The fourth-order valence-corrected chi connectivity index (χ4v) is 3.89. The summed E-state index contributed by atoms with van der Waals surface area (Å²) in [4.78, 5) is 15.3. The zero-order chi connectivity index (χ0) is 18.4. The zero-order valence-corrected chi connectivity index (χ0v) is 16.9. The number of hydrogen-bond donors (Lipinski definition) is 0. The summed E-state index contributed by atoms with van der Waals surface area (Å²) in [7, 11) is 0. The molecule has 1 amide bonds. The van der Waals surface area contributed by atoms with Crippen LogP contribution < -0.4 is 4.90 Å². The average molecular weight is 412 g/mol. The third kappa shape index (κ3) is 4.85. The Labute approximate surface area is 165 Å². The standard InChI is InChI=1S/C23H26BrNO/c1-2-7-18-8-6-11-22(16-18)25(17-19-12-14-21(24)15-13-19)23(26)20-9-4-3-5-10-20/h2,6-8,11-16,20H,3-5,9-10,17H2,1H3. The highest BCUT2D eigenvalue weighted by Gasteiger charge is 2.27. The van der Waals surface area contributed by atoms with Crippen molar-refractivity contribution in [1.29, 1.82) is 0 Å². The van der Waals surface area contributed by atoms with Crippen LogP contribution in [-0.2, 0) is 11.3 Å². The number of nitrogens with zero attached hydrogens (tertiary/aromatic N) is 1. The van der Waals surface area contributed by atoms with Gasteiger partial charge in [-0.1, -0.05) is 71.6 Å². The summed E-state index contributed by atoms with van der Waals surface area (Å²) >= 11 is 3.49. The molecule has 1 aliphatic carbocycles. The molecule has 0 radical (unpaired) electrons. The Morgan fingerprint density at radius 1 is 1.12 bits per heavy atom. The van der Waals surface area contributed by atoms with Crippen molar-refractivity contribution in [3.05, 3.63) is 70.2 Å². The predicted octanol–water partition coefficient (Wildman–Crippen LogP) is 6.60. The smallest absolute Gasteiger partial charge is 0.230 e. The van der Waals surface area contributed by atoms with Gasteiger partial charge in [0.25, 0.3) is 0 Å². The number of halogens is 1. The lowest BCUT2D eigenvalue weighted by atomic mass is 9.88. The van der Waals surface area contributed by atoms with E-state index in [2.05, 4.69) is 46.3 Å². The SMILES string of the molecule is CC=Cc1cccc(N(Cc2ccc(Br)cc2)C(=O)C2CCCCC2)c1. The van der Waals surface area contributed by atoms with Crippen LogP contribution in [-0.4, -0.2) is 5.91 Å². The Kier molecular flexibility index (Phi) is 6.67. The third-order valence-corrected chi connectivity index (χ3v) is 5.54. The predicted molar refractivity (Wildman–Crippen MR) is 113 cm³/mol. The molecule has 1 fully saturated rings. The molecule has 0 aromatic heterocycles. The minimum Gasteiger partial charge on any atom is -0.308 e. The number of anilines is 1. The molecule has 0 spiro atoms. The van der Waals surface area contributed by atoms with Gasteiger partial charge in [0.05, 0.1) is 6.54 Å². The molecule has 2 aromatic rings. The first-order chi connectivity index (χ1) is 12.7. The molecule has 3 heteroatoms. The molecule has 0 heterocycles. The van der Waals surface area contributed by atoms with E-state index in [1.54, 1.807) is 0 Å². The monoisotopic (exact) mass is 411 g/mol. The first kappa shape index (κ1) is 18.9. The van der Waals surface area contributed by atoms with Gasteiger partial charge in [-0.05, 0) is 55.2 Å². The van der Waals surface area contributed by atoms with Crippen molar-refractivity contribution >= 4 is 33.6 Å². The Hall–Kier alpha value is -1.87. The molecule has 26 heavy (non-hydrogen) atoms. The normalized spacial score (nSPS) is 15.3. The first-order valence-electron chi connectivity index (χ1n) is 9.46. The molecule has 3 rings (SSSR count). The summed E-state index contributed by atoms with van der Waals surface area (Å²) in [6, 6.07) is 16.5. The van der Waals surface area contributed by atoms with Gasteiger partial charge >= 0.3 is 0 Å². The minimum atomic E-state index is 0.157. The zero-order valence-electron chi connectivity index (χ0n) is 15.3. The minimum absolute atomic E-state index is 0.157. The van der Waals surface area contributed by atoms with Gasteiger partial charge in [-0.2, -0.15) is 0 Å². The summed E-state index contributed by atoms with van der Waals surface area (Å²) in [6.45, 7) is 2.63. The van der Waals surface area contributed by atoms with Gasteiger partial charge < -0.3 is 4.90 Å². The van der Waals surface area contributed by atoms with Crippen molar-refractivity contribution in [3.8, 4) is 0 Å². The fraction of sp³-hybridized carbons (Fsp3) is 0.348. The maximum absolute atomic E-state index is 13.3. The fourth-order valence-electron chi connectivity index (χ4n) is 3.63. The van der Waals surface area contributed by atoms with Gasteiger partial charge in [-0.3, -0.25) is 4.79 Å². The van der Waals surface area contributed by atoms with E-state index >= 15 is 0 Å². The number of allylic oxidation sites excluding steroid dienone is 1. The molecule has 0 atom stereocenters. The van der Waals surface area contributed by atoms with Crippen molar-refractivity contribution in [3.63, 3.8) is 0 Å². The topological polar surface area (TPSA) is 20.3 Å².